The van der Waals surface area contributed by atoms with Crippen molar-refractivity contribution in [3.8, 4) is 0 Å². The van der Waals surface area contributed by atoms with Crippen LogP contribution in [0.4, 0.5) is 0 Å². The molecule has 0 aliphatic carbocycles. The molecule has 2 aromatic rings. The average molecular weight is 300 g/mol. The van der Waals surface area contributed by atoms with Crippen LogP contribution < -0.4 is 5.56 Å². The van der Waals surface area contributed by atoms with Crippen molar-refractivity contribution >= 4 is 16.9 Å². The summed E-state index contributed by atoms with van der Waals surface area (Å²) in [6, 6.07) is 9.88. The zero-order valence-electron chi connectivity index (χ0n) is 12.6. The Balaban J connectivity index is 1.86. The van der Waals surface area contributed by atoms with E-state index in [4.69, 9.17) is 0 Å². The number of carboxylic acid groups (broad SMARTS) is 1. The Labute approximate surface area is 128 Å². The van der Waals surface area contributed by atoms with Gasteiger partial charge in [-0.05, 0) is 37.3 Å². The largest absolute Gasteiger partial charge is 0.481 e. The molecule has 2 atom stereocenters. The first kappa shape index (κ1) is 14.8. The van der Waals surface area contributed by atoms with E-state index >= 15 is 0 Å². The highest BCUT2D eigenvalue weighted by Crippen LogP contribution is 2.23. The molecule has 2 N–H and O–H groups in total. The maximum absolute atomic E-state index is 12.2. The Bertz CT molecular complexity index is 753. The van der Waals surface area contributed by atoms with Crippen LogP contribution in [-0.2, 0) is 11.3 Å². The Kier molecular flexibility index (Phi) is 3.98. The number of nitrogens with zero attached hydrogens (tertiary/aromatic N) is 1. The fourth-order valence-electron chi connectivity index (χ4n) is 3.13. The van der Waals surface area contributed by atoms with Gasteiger partial charge in [-0.3, -0.25) is 14.5 Å². The highest BCUT2D eigenvalue weighted by atomic mass is 16.4. The molecule has 5 nitrogen and oxygen atoms in total. The number of hydrogen-bond donors (Lipinski definition) is 2. The first-order valence-electron chi connectivity index (χ1n) is 7.62. The minimum atomic E-state index is -0.746. The number of aliphatic carboxylic acids is 1. The van der Waals surface area contributed by atoms with Gasteiger partial charge >= 0.3 is 5.97 Å². The van der Waals surface area contributed by atoms with Gasteiger partial charge in [-0.25, -0.2) is 0 Å². The number of H-pyrrole nitrogens is 1. The summed E-state index contributed by atoms with van der Waals surface area (Å²) >= 11 is 0. The Morgan fingerprint density at radius 3 is 2.91 bits per heavy atom. The molecule has 1 aromatic heterocycles. The standard InChI is InChI=1S/C17H20N2O3/c1-11-6-7-13(17(21)22)9-19(11)10-14-8-12-4-2-3-5-15(12)18-16(14)20/h2-5,8,11,13H,6-7,9-10H2,1H3,(H,18,20)(H,21,22). The molecule has 3 rings (SSSR count). The van der Waals surface area contributed by atoms with Crippen LogP contribution >= 0.6 is 0 Å². The topological polar surface area (TPSA) is 73.4 Å². The normalized spacial score (nSPS) is 22.8. The molecule has 0 saturated carbocycles. The zero-order valence-corrected chi connectivity index (χ0v) is 12.6. The lowest BCUT2D eigenvalue weighted by atomic mass is 9.93. The van der Waals surface area contributed by atoms with Gasteiger partial charge in [0, 0.05) is 30.2 Å². The van der Waals surface area contributed by atoms with Gasteiger partial charge in [0.2, 0.25) is 0 Å². The number of piperidine rings is 1. The molecule has 0 radical (unpaired) electrons. The second-order valence-corrected chi connectivity index (χ2v) is 6.10. The molecule has 1 fully saturated rings. The molecule has 1 saturated heterocycles. The minimum Gasteiger partial charge on any atom is -0.481 e. The maximum Gasteiger partial charge on any atom is 0.307 e. The summed E-state index contributed by atoms with van der Waals surface area (Å²) in [6.07, 6.45) is 1.56. The van der Waals surface area contributed by atoms with Gasteiger partial charge in [-0.15, -0.1) is 0 Å². The van der Waals surface area contributed by atoms with Crippen molar-refractivity contribution in [3.63, 3.8) is 0 Å². The van der Waals surface area contributed by atoms with E-state index in [2.05, 4.69) is 16.8 Å². The number of pyridine rings is 1. The molecular formula is C17H20N2O3. The van der Waals surface area contributed by atoms with E-state index in [0.29, 0.717) is 31.1 Å². The van der Waals surface area contributed by atoms with Gasteiger partial charge in [0.1, 0.15) is 0 Å². The number of rotatable bonds is 3. The Morgan fingerprint density at radius 2 is 2.14 bits per heavy atom. The molecule has 1 aliphatic heterocycles. The molecule has 0 amide bonds. The summed E-state index contributed by atoms with van der Waals surface area (Å²) in [7, 11) is 0. The molecule has 1 aromatic carbocycles. The number of hydrogen-bond acceptors (Lipinski definition) is 3. The smallest absolute Gasteiger partial charge is 0.307 e. The van der Waals surface area contributed by atoms with E-state index in [-0.39, 0.29) is 11.5 Å². The predicted molar refractivity (Wildman–Crippen MR) is 84.8 cm³/mol. The fraction of sp³-hybridized carbons (Fsp3) is 0.412. The number of carboxylic acids is 1. The summed E-state index contributed by atoms with van der Waals surface area (Å²) in [4.78, 5) is 28.4. The SMILES string of the molecule is CC1CCC(C(=O)O)CN1Cc1cc2ccccc2[nH]c1=O. The lowest BCUT2D eigenvalue weighted by molar-refractivity contribution is -0.144. The van der Waals surface area contributed by atoms with Crippen molar-refractivity contribution in [2.45, 2.75) is 32.4 Å². The van der Waals surface area contributed by atoms with Crippen LogP contribution in [0.5, 0.6) is 0 Å². The van der Waals surface area contributed by atoms with Gasteiger partial charge in [-0.2, -0.15) is 0 Å². The van der Waals surface area contributed by atoms with Gasteiger partial charge in [0.25, 0.3) is 5.56 Å². The summed E-state index contributed by atoms with van der Waals surface area (Å²) in [5, 5.41) is 10.2. The summed E-state index contributed by atoms with van der Waals surface area (Å²) in [5.41, 5.74) is 1.42. The van der Waals surface area contributed by atoms with E-state index < -0.39 is 5.97 Å². The van der Waals surface area contributed by atoms with E-state index in [9.17, 15) is 14.7 Å². The summed E-state index contributed by atoms with van der Waals surface area (Å²) in [6.45, 7) is 3.08. The average Bonchev–Trinajstić information content (AvgIpc) is 2.50. The van der Waals surface area contributed by atoms with E-state index in [1.807, 2.05) is 30.3 Å². The number of likely N-dealkylation sites (tertiary alicyclic amines) is 1. The third-order valence-electron chi connectivity index (χ3n) is 4.56. The third-order valence-corrected chi connectivity index (χ3v) is 4.56. The third kappa shape index (κ3) is 2.90. The molecule has 0 spiro atoms. The van der Waals surface area contributed by atoms with Crippen LogP contribution in [0.2, 0.25) is 0 Å². The zero-order chi connectivity index (χ0) is 15.7. The Morgan fingerprint density at radius 1 is 1.36 bits per heavy atom. The lowest BCUT2D eigenvalue weighted by Crippen LogP contribution is -2.44. The quantitative estimate of drug-likeness (QED) is 0.911. The highest BCUT2D eigenvalue weighted by Gasteiger charge is 2.30. The van der Waals surface area contributed by atoms with Gasteiger partial charge in [-0.1, -0.05) is 18.2 Å². The fourth-order valence-corrected chi connectivity index (χ4v) is 3.13. The summed E-state index contributed by atoms with van der Waals surface area (Å²) in [5.74, 6) is -1.08. The van der Waals surface area contributed by atoms with Crippen LogP contribution in [0.15, 0.2) is 35.1 Å². The van der Waals surface area contributed by atoms with Gasteiger partial charge in [0.15, 0.2) is 0 Å². The first-order valence-corrected chi connectivity index (χ1v) is 7.62. The molecule has 22 heavy (non-hydrogen) atoms. The second kappa shape index (κ2) is 5.93. The maximum atomic E-state index is 12.2. The van der Waals surface area contributed by atoms with Crippen molar-refractivity contribution in [1.82, 2.24) is 9.88 Å². The van der Waals surface area contributed by atoms with Crippen molar-refractivity contribution in [2.24, 2.45) is 5.92 Å². The molecule has 1 aliphatic rings. The summed E-state index contributed by atoms with van der Waals surface area (Å²) < 4.78 is 0. The van der Waals surface area contributed by atoms with E-state index in [1.165, 1.54) is 0 Å². The lowest BCUT2D eigenvalue weighted by Gasteiger charge is -2.36. The number of carbonyl (C=O) groups is 1. The molecule has 2 heterocycles. The van der Waals surface area contributed by atoms with E-state index in [0.717, 1.165) is 17.3 Å². The molecule has 2 unspecified atom stereocenters. The van der Waals surface area contributed by atoms with Crippen LogP contribution in [0.3, 0.4) is 0 Å². The number of nitrogens with one attached hydrogen (secondary N) is 1. The number of fused-ring (bicyclic) bond motifs is 1. The van der Waals surface area contributed by atoms with Crippen molar-refractivity contribution in [2.75, 3.05) is 6.54 Å². The first-order chi connectivity index (χ1) is 10.5. The van der Waals surface area contributed by atoms with Crippen molar-refractivity contribution in [1.29, 1.82) is 0 Å². The monoisotopic (exact) mass is 300 g/mol. The molecule has 0 bridgehead atoms. The van der Waals surface area contributed by atoms with Crippen LogP contribution in [0.1, 0.15) is 25.3 Å². The van der Waals surface area contributed by atoms with Crippen LogP contribution in [-0.4, -0.2) is 33.5 Å². The minimum absolute atomic E-state index is 0.0941. The van der Waals surface area contributed by atoms with E-state index in [1.54, 1.807) is 0 Å². The predicted octanol–water partition coefficient (Wildman–Crippen LogP) is 2.21. The second-order valence-electron chi connectivity index (χ2n) is 6.10. The number of benzene rings is 1. The highest BCUT2D eigenvalue weighted by molar-refractivity contribution is 5.78. The molecule has 116 valence electrons. The molecule has 5 heteroatoms. The molecular weight excluding hydrogens is 280 g/mol. The van der Waals surface area contributed by atoms with Crippen molar-refractivity contribution < 1.29 is 9.90 Å². The van der Waals surface area contributed by atoms with Crippen molar-refractivity contribution in [3.05, 3.63) is 46.2 Å². The number of para-hydroxylation sites is 1. The Hall–Kier alpha value is -2.14. The van der Waals surface area contributed by atoms with Gasteiger partial charge < -0.3 is 10.1 Å². The number of aromatic nitrogens is 1. The van der Waals surface area contributed by atoms with Crippen LogP contribution in [0, 0.1) is 5.92 Å². The van der Waals surface area contributed by atoms with Gasteiger partial charge in [0.05, 0.1) is 5.92 Å². The number of aromatic amines is 1. The van der Waals surface area contributed by atoms with Crippen LogP contribution in [0.25, 0.3) is 10.9 Å².